The van der Waals surface area contributed by atoms with E-state index >= 15 is 0 Å². The summed E-state index contributed by atoms with van der Waals surface area (Å²) in [6, 6.07) is 12.7. The van der Waals surface area contributed by atoms with Crippen molar-refractivity contribution in [3.8, 4) is 11.5 Å². The highest BCUT2D eigenvalue weighted by Crippen LogP contribution is 2.24. The van der Waals surface area contributed by atoms with Crippen LogP contribution in [0.2, 0.25) is 0 Å². The average Bonchev–Trinajstić information content (AvgIpc) is 2.95. The fourth-order valence-corrected chi connectivity index (χ4v) is 3.21. The first-order valence-corrected chi connectivity index (χ1v) is 9.02. The highest BCUT2D eigenvalue weighted by Gasteiger charge is 2.34. The molecular weight excluding hydrogens is 344 g/mol. The van der Waals surface area contributed by atoms with Crippen LogP contribution in [0.15, 0.2) is 42.5 Å². The number of hydrogen-bond donors (Lipinski definition) is 1. The van der Waals surface area contributed by atoms with Gasteiger partial charge in [-0.3, -0.25) is 14.5 Å². The number of nitrogens with zero attached hydrogens (tertiary/aromatic N) is 1. The molecule has 0 atom stereocenters. The molecule has 0 unspecified atom stereocenters. The van der Waals surface area contributed by atoms with E-state index in [1.807, 2.05) is 18.2 Å². The maximum Gasteiger partial charge on any atom is 0.261 e. The van der Waals surface area contributed by atoms with Gasteiger partial charge in [0.2, 0.25) is 0 Å². The molecule has 2 aromatic carbocycles. The number of methoxy groups -OCH3 is 2. The molecular formula is C21H24N2O4. The number of rotatable bonds is 9. The fourth-order valence-electron chi connectivity index (χ4n) is 3.21. The van der Waals surface area contributed by atoms with E-state index in [0.29, 0.717) is 24.2 Å². The third kappa shape index (κ3) is 4.11. The minimum atomic E-state index is -0.190. The molecule has 6 nitrogen and oxygen atoms in total. The van der Waals surface area contributed by atoms with Gasteiger partial charge in [-0.15, -0.1) is 0 Å². The summed E-state index contributed by atoms with van der Waals surface area (Å²) in [6.45, 7) is 1.88. The number of unbranched alkanes of at least 4 members (excludes halogenated alkanes) is 1. The summed E-state index contributed by atoms with van der Waals surface area (Å²) in [5.74, 6) is 1.22. The van der Waals surface area contributed by atoms with Gasteiger partial charge in [0.15, 0.2) is 0 Å². The zero-order chi connectivity index (χ0) is 19.2. The maximum absolute atomic E-state index is 12.3. The number of carbonyl (C=O) groups is 2. The summed E-state index contributed by atoms with van der Waals surface area (Å²) in [7, 11) is 3.28. The number of benzene rings is 2. The van der Waals surface area contributed by atoms with Crippen molar-refractivity contribution >= 4 is 11.8 Å². The SMILES string of the molecule is COc1ccc(OC)c(CNCCCCN2C(=O)c3ccccc3C2=O)c1. The Bertz CT molecular complexity index is 800. The van der Waals surface area contributed by atoms with Crippen molar-refractivity contribution in [3.63, 3.8) is 0 Å². The Labute approximate surface area is 159 Å². The highest BCUT2D eigenvalue weighted by atomic mass is 16.5. The van der Waals surface area contributed by atoms with Crippen LogP contribution in [0.1, 0.15) is 39.1 Å². The molecule has 0 fully saturated rings. The van der Waals surface area contributed by atoms with Crippen molar-refractivity contribution in [3.05, 3.63) is 59.2 Å². The van der Waals surface area contributed by atoms with Gasteiger partial charge in [0.1, 0.15) is 11.5 Å². The van der Waals surface area contributed by atoms with Crippen molar-refractivity contribution in [2.24, 2.45) is 0 Å². The molecule has 0 saturated heterocycles. The van der Waals surface area contributed by atoms with E-state index in [-0.39, 0.29) is 11.8 Å². The van der Waals surface area contributed by atoms with E-state index in [1.165, 1.54) is 4.90 Å². The minimum Gasteiger partial charge on any atom is -0.497 e. The van der Waals surface area contributed by atoms with Crippen LogP contribution in [0.5, 0.6) is 11.5 Å². The molecule has 6 heteroatoms. The summed E-state index contributed by atoms with van der Waals surface area (Å²) >= 11 is 0. The van der Waals surface area contributed by atoms with Crippen molar-refractivity contribution in [1.29, 1.82) is 0 Å². The van der Waals surface area contributed by atoms with Crippen molar-refractivity contribution in [2.45, 2.75) is 19.4 Å². The van der Waals surface area contributed by atoms with Gasteiger partial charge in [-0.2, -0.15) is 0 Å². The lowest BCUT2D eigenvalue weighted by atomic mass is 10.1. The molecule has 0 radical (unpaired) electrons. The molecule has 1 heterocycles. The van der Waals surface area contributed by atoms with Gasteiger partial charge in [0, 0.05) is 18.7 Å². The average molecular weight is 368 g/mol. The molecule has 3 rings (SSSR count). The quantitative estimate of drug-likeness (QED) is 0.544. The smallest absolute Gasteiger partial charge is 0.261 e. The summed E-state index contributed by atoms with van der Waals surface area (Å²) in [4.78, 5) is 26.0. The summed E-state index contributed by atoms with van der Waals surface area (Å²) in [5.41, 5.74) is 2.04. The first-order valence-electron chi connectivity index (χ1n) is 9.02. The van der Waals surface area contributed by atoms with Crippen molar-refractivity contribution < 1.29 is 19.1 Å². The van der Waals surface area contributed by atoms with Crippen LogP contribution in [0.25, 0.3) is 0 Å². The van der Waals surface area contributed by atoms with E-state index in [9.17, 15) is 9.59 Å². The molecule has 0 aliphatic carbocycles. The van der Waals surface area contributed by atoms with Crippen LogP contribution in [0, 0.1) is 0 Å². The Balaban J connectivity index is 1.43. The lowest BCUT2D eigenvalue weighted by molar-refractivity contribution is 0.0651. The third-order valence-electron chi connectivity index (χ3n) is 4.67. The second kappa shape index (κ2) is 8.68. The van der Waals surface area contributed by atoms with Gasteiger partial charge >= 0.3 is 0 Å². The molecule has 0 bridgehead atoms. The van der Waals surface area contributed by atoms with Crippen LogP contribution in [-0.4, -0.2) is 44.0 Å². The minimum absolute atomic E-state index is 0.190. The standard InChI is InChI=1S/C21H24N2O4/c1-26-16-9-10-19(27-2)15(13-16)14-22-11-5-6-12-23-20(24)17-7-3-4-8-18(17)21(23)25/h3-4,7-10,13,22H,5-6,11-12,14H2,1-2H3. The Hall–Kier alpha value is -2.86. The normalized spacial score (nSPS) is 13.0. The number of amides is 2. The number of imide groups is 1. The van der Waals surface area contributed by atoms with E-state index in [1.54, 1.807) is 38.5 Å². The number of ether oxygens (including phenoxy) is 2. The molecule has 1 aliphatic rings. The third-order valence-corrected chi connectivity index (χ3v) is 4.67. The zero-order valence-electron chi connectivity index (χ0n) is 15.7. The Kier molecular flexibility index (Phi) is 6.08. The lowest BCUT2D eigenvalue weighted by Gasteiger charge is -2.14. The number of carbonyl (C=O) groups excluding carboxylic acids is 2. The van der Waals surface area contributed by atoms with E-state index in [4.69, 9.17) is 9.47 Å². The van der Waals surface area contributed by atoms with Gasteiger partial charge in [-0.25, -0.2) is 0 Å². The summed E-state index contributed by atoms with van der Waals surface area (Å²) in [5, 5.41) is 3.37. The van der Waals surface area contributed by atoms with Crippen molar-refractivity contribution in [1.82, 2.24) is 10.2 Å². The monoisotopic (exact) mass is 368 g/mol. The fraction of sp³-hybridized carbons (Fsp3) is 0.333. The maximum atomic E-state index is 12.3. The molecule has 2 aromatic rings. The van der Waals surface area contributed by atoms with Gasteiger partial charge < -0.3 is 14.8 Å². The first kappa shape index (κ1) is 18.9. The van der Waals surface area contributed by atoms with Crippen LogP contribution < -0.4 is 14.8 Å². The second-order valence-corrected chi connectivity index (χ2v) is 6.37. The van der Waals surface area contributed by atoms with E-state index < -0.39 is 0 Å². The highest BCUT2D eigenvalue weighted by molar-refractivity contribution is 6.21. The predicted molar refractivity (Wildman–Crippen MR) is 102 cm³/mol. The predicted octanol–water partition coefficient (Wildman–Crippen LogP) is 2.87. The number of fused-ring (bicyclic) bond motifs is 1. The second-order valence-electron chi connectivity index (χ2n) is 6.37. The van der Waals surface area contributed by atoms with Crippen molar-refractivity contribution in [2.75, 3.05) is 27.3 Å². The molecule has 0 saturated carbocycles. The number of nitrogens with one attached hydrogen (secondary N) is 1. The zero-order valence-corrected chi connectivity index (χ0v) is 15.7. The van der Waals surface area contributed by atoms with E-state index in [0.717, 1.165) is 36.4 Å². The van der Waals surface area contributed by atoms with Crippen LogP contribution in [0.4, 0.5) is 0 Å². The molecule has 0 aromatic heterocycles. The molecule has 0 spiro atoms. The Morgan fingerprint density at radius 3 is 2.26 bits per heavy atom. The largest absolute Gasteiger partial charge is 0.497 e. The number of hydrogen-bond acceptors (Lipinski definition) is 5. The van der Waals surface area contributed by atoms with Crippen LogP contribution in [-0.2, 0) is 6.54 Å². The Morgan fingerprint density at radius 2 is 1.63 bits per heavy atom. The molecule has 142 valence electrons. The van der Waals surface area contributed by atoms with Gasteiger partial charge in [-0.05, 0) is 49.7 Å². The Morgan fingerprint density at radius 1 is 0.926 bits per heavy atom. The van der Waals surface area contributed by atoms with Gasteiger partial charge in [-0.1, -0.05) is 12.1 Å². The van der Waals surface area contributed by atoms with E-state index in [2.05, 4.69) is 5.32 Å². The summed E-state index contributed by atoms with van der Waals surface area (Å²) < 4.78 is 10.6. The summed E-state index contributed by atoms with van der Waals surface area (Å²) in [6.07, 6.45) is 1.62. The lowest BCUT2D eigenvalue weighted by Crippen LogP contribution is -2.31. The molecule has 1 aliphatic heterocycles. The molecule has 2 amide bonds. The van der Waals surface area contributed by atoms with Crippen LogP contribution >= 0.6 is 0 Å². The first-order chi connectivity index (χ1) is 13.2. The van der Waals surface area contributed by atoms with Gasteiger partial charge in [0.05, 0.1) is 25.3 Å². The molecule has 1 N–H and O–H groups in total. The van der Waals surface area contributed by atoms with Crippen LogP contribution in [0.3, 0.4) is 0 Å². The van der Waals surface area contributed by atoms with Gasteiger partial charge in [0.25, 0.3) is 11.8 Å². The topological polar surface area (TPSA) is 67.9 Å². The molecule has 27 heavy (non-hydrogen) atoms.